The number of ether oxygens (including phenoxy) is 2. The van der Waals surface area contributed by atoms with Crippen molar-refractivity contribution in [2.75, 3.05) is 20.3 Å². The van der Waals surface area contributed by atoms with Crippen LogP contribution in [0.1, 0.15) is 50.3 Å². The highest BCUT2D eigenvalue weighted by Gasteiger charge is 2.18. The maximum absolute atomic E-state index is 6.10. The Bertz CT molecular complexity index is 671. The van der Waals surface area contributed by atoms with Gasteiger partial charge in [-0.2, -0.15) is 0 Å². The van der Waals surface area contributed by atoms with Crippen LogP contribution in [0.4, 0.5) is 0 Å². The van der Waals surface area contributed by atoms with Gasteiger partial charge in [0.1, 0.15) is 0 Å². The van der Waals surface area contributed by atoms with E-state index in [1.54, 1.807) is 7.11 Å². The van der Waals surface area contributed by atoms with Crippen molar-refractivity contribution in [3.8, 4) is 11.5 Å². The third-order valence-electron chi connectivity index (χ3n) is 4.57. The minimum Gasteiger partial charge on any atom is -0.493 e. The van der Waals surface area contributed by atoms with E-state index in [4.69, 9.17) is 15.2 Å². The van der Waals surface area contributed by atoms with Crippen LogP contribution in [0, 0.1) is 0 Å². The molecular weight excluding hydrogens is 310 g/mol. The van der Waals surface area contributed by atoms with Crippen LogP contribution >= 0.6 is 0 Å². The SMILES string of the molecule is CCOc1c(CC(CN)c2ccc(C(C)(C)C)cc2)cccc1OC. The topological polar surface area (TPSA) is 44.5 Å². The van der Waals surface area contributed by atoms with Gasteiger partial charge < -0.3 is 15.2 Å². The van der Waals surface area contributed by atoms with Gasteiger partial charge in [-0.15, -0.1) is 0 Å². The molecule has 0 amide bonds. The average molecular weight is 341 g/mol. The molecule has 0 fully saturated rings. The van der Waals surface area contributed by atoms with Gasteiger partial charge in [-0.05, 0) is 48.1 Å². The van der Waals surface area contributed by atoms with Gasteiger partial charge in [0.15, 0.2) is 11.5 Å². The summed E-state index contributed by atoms with van der Waals surface area (Å²) in [5, 5.41) is 0. The Kier molecular flexibility index (Phi) is 6.49. The summed E-state index contributed by atoms with van der Waals surface area (Å²) >= 11 is 0. The molecule has 0 heterocycles. The van der Waals surface area contributed by atoms with E-state index in [9.17, 15) is 0 Å². The Hall–Kier alpha value is -2.00. The van der Waals surface area contributed by atoms with E-state index >= 15 is 0 Å². The van der Waals surface area contributed by atoms with Crippen LogP contribution in [-0.4, -0.2) is 20.3 Å². The lowest BCUT2D eigenvalue weighted by molar-refractivity contribution is 0.307. The molecule has 3 heteroatoms. The smallest absolute Gasteiger partial charge is 0.164 e. The summed E-state index contributed by atoms with van der Waals surface area (Å²) in [7, 11) is 1.67. The molecule has 0 saturated heterocycles. The van der Waals surface area contributed by atoms with Crippen molar-refractivity contribution in [1.29, 1.82) is 0 Å². The Morgan fingerprint density at radius 2 is 1.72 bits per heavy atom. The lowest BCUT2D eigenvalue weighted by Gasteiger charge is -2.22. The fraction of sp³-hybridized carbons (Fsp3) is 0.455. The first-order valence-corrected chi connectivity index (χ1v) is 8.99. The summed E-state index contributed by atoms with van der Waals surface area (Å²) in [6.45, 7) is 9.88. The average Bonchev–Trinajstić information content (AvgIpc) is 2.60. The highest BCUT2D eigenvalue weighted by Crippen LogP contribution is 2.34. The third-order valence-corrected chi connectivity index (χ3v) is 4.57. The molecule has 3 nitrogen and oxygen atoms in total. The molecule has 0 bridgehead atoms. The second kappa shape index (κ2) is 8.39. The van der Waals surface area contributed by atoms with Crippen molar-refractivity contribution >= 4 is 0 Å². The van der Waals surface area contributed by atoms with E-state index in [0.29, 0.717) is 13.2 Å². The number of para-hydroxylation sites is 1. The predicted molar refractivity (Wildman–Crippen MR) is 105 cm³/mol. The van der Waals surface area contributed by atoms with E-state index in [1.165, 1.54) is 11.1 Å². The molecule has 25 heavy (non-hydrogen) atoms. The first kappa shape index (κ1) is 19.3. The third kappa shape index (κ3) is 4.76. The fourth-order valence-electron chi connectivity index (χ4n) is 3.05. The Morgan fingerprint density at radius 1 is 1.04 bits per heavy atom. The summed E-state index contributed by atoms with van der Waals surface area (Å²) in [4.78, 5) is 0. The zero-order chi connectivity index (χ0) is 18.4. The highest BCUT2D eigenvalue weighted by atomic mass is 16.5. The van der Waals surface area contributed by atoms with Crippen molar-refractivity contribution in [3.05, 3.63) is 59.2 Å². The maximum Gasteiger partial charge on any atom is 0.164 e. The van der Waals surface area contributed by atoms with Crippen LogP contribution in [0.5, 0.6) is 11.5 Å². The number of hydrogen-bond acceptors (Lipinski definition) is 3. The van der Waals surface area contributed by atoms with Crippen LogP contribution in [0.25, 0.3) is 0 Å². The molecular formula is C22H31NO2. The van der Waals surface area contributed by atoms with Gasteiger partial charge in [0.2, 0.25) is 0 Å². The van der Waals surface area contributed by atoms with Crippen molar-refractivity contribution in [2.45, 2.75) is 45.4 Å². The van der Waals surface area contributed by atoms with E-state index in [0.717, 1.165) is 23.5 Å². The van der Waals surface area contributed by atoms with Gasteiger partial charge in [0, 0.05) is 5.92 Å². The lowest BCUT2D eigenvalue weighted by Crippen LogP contribution is -2.17. The van der Waals surface area contributed by atoms with Crippen LogP contribution < -0.4 is 15.2 Å². The monoisotopic (exact) mass is 341 g/mol. The molecule has 2 aromatic rings. The quantitative estimate of drug-likeness (QED) is 0.795. The second-order valence-corrected chi connectivity index (χ2v) is 7.39. The van der Waals surface area contributed by atoms with Gasteiger partial charge in [0.05, 0.1) is 13.7 Å². The fourth-order valence-corrected chi connectivity index (χ4v) is 3.05. The molecule has 1 unspecified atom stereocenters. The van der Waals surface area contributed by atoms with Crippen LogP contribution in [0.3, 0.4) is 0 Å². The molecule has 1 atom stereocenters. The molecule has 0 radical (unpaired) electrons. The second-order valence-electron chi connectivity index (χ2n) is 7.39. The summed E-state index contributed by atoms with van der Waals surface area (Å²) < 4.78 is 11.3. The van der Waals surface area contributed by atoms with Crippen LogP contribution in [0.2, 0.25) is 0 Å². The largest absolute Gasteiger partial charge is 0.493 e. The van der Waals surface area contributed by atoms with Crippen molar-refractivity contribution in [3.63, 3.8) is 0 Å². The molecule has 2 N–H and O–H groups in total. The molecule has 0 aliphatic carbocycles. The van der Waals surface area contributed by atoms with Crippen molar-refractivity contribution in [1.82, 2.24) is 0 Å². The number of hydrogen-bond donors (Lipinski definition) is 1. The lowest BCUT2D eigenvalue weighted by atomic mass is 9.84. The Morgan fingerprint density at radius 3 is 2.24 bits per heavy atom. The predicted octanol–water partition coefficient (Wildman–Crippen LogP) is 4.68. The van der Waals surface area contributed by atoms with Crippen molar-refractivity contribution in [2.24, 2.45) is 5.73 Å². The van der Waals surface area contributed by atoms with E-state index in [2.05, 4.69) is 51.1 Å². The van der Waals surface area contributed by atoms with Crippen LogP contribution in [-0.2, 0) is 11.8 Å². The van der Waals surface area contributed by atoms with Crippen molar-refractivity contribution < 1.29 is 9.47 Å². The molecule has 2 rings (SSSR count). The summed E-state index contributed by atoms with van der Waals surface area (Å²) in [5.74, 6) is 1.86. The first-order chi connectivity index (χ1) is 11.9. The first-order valence-electron chi connectivity index (χ1n) is 8.99. The summed E-state index contributed by atoms with van der Waals surface area (Å²) in [6, 6.07) is 14.9. The standard InChI is InChI=1S/C22H31NO2/c1-6-25-21-17(8-7-9-20(21)24-5)14-18(15-23)16-10-12-19(13-11-16)22(2,3)4/h7-13,18H,6,14-15,23H2,1-5H3. The zero-order valence-electron chi connectivity index (χ0n) is 16.1. The van der Waals surface area contributed by atoms with Crippen LogP contribution in [0.15, 0.2) is 42.5 Å². The number of methoxy groups -OCH3 is 1. The normalized spacial score (nSPS) is 12.7. The van der Waals surface area contributed by atoms with Gasteiger partial charge in [-0.3, -0.25) is 0 Å². The van der Waals surface area contributed by atoms with E-state index in [-0.39, 0.29) is 11.3 Å². The summed E-state index contributed by atoms with van der Waals surface area (Å²) in [5.41, 5.74) is 9.99. The Labute approximate surface area is 152 Å². The molecule has 0 aliphatic rings. The number of benzene rings is 2. The van der Waals surface area contributed by atoms with Gasteiger partial charge in [0.25, 0.3) is 0 Å². The molecule has 2 aromatic carbocycles. The van der Waals surface area contributed by atoms with E-state index < -0.39 is 0 Å². The minimum absolute atomic E-state index is 0.158. The molecule has 0 spiro atoms. The summed E-state index contributed by atoms with van der Waals surface area (Å²) in [6.07, 6.45) is 0.831. The number of nitrogens with two attached hydrogens (primary N) is 1. The molecule has 136 valence electrons. The van der Waals surface area contributed by atoms with Gasteiger partial charge >= 0.3 is 0 Å². The minimum atomic E-state index is 0.158. The zero-order valence-corrected chi connectivity index (χ0v) is 16.1. The van der Waals surface area contributed by atoms with E-state index in [1.807, 2.05) is 19.1 Å². The Balaban J connectivity index is 2.28. The molecule has 0 saturated carbocycles. The number of rotatable bonds is 7. The van der Waals surface area contributed by atoms with Gasteiger partial charge in [-0.25, -0.2) is 0 Å². The maximum atomic E-state index is 6.10. The van der Waals surface area contributed by atoms with Gasteiger partial charge in [-0.1, -0.05) is 57.2 Å². The highest BCUT2D eigenvalue weighted by molar-refractivity contribution is 5.47. The molecule has 0 aliphatic heterocycles. The molecule has 0 aromatic heterocycles.